The van der Waals surface area contributed by atoms with Crippen LogP contribution >= 0.6 is 11.3 Å². The van der Waals surface area contributed by atoms with Crippen molar-refractivity contribution in [2.75, 3.05) is 25.1 Å². The number of hydrogen-bond donors (Lipinski definition) is 1. The lowest BCUT2D eigenvalue weighted by molar-refractivity contribution is -0.112. The second kappa shape index (κ2) is 12.5. The summed E-state index contributed by atoms with van der Waals surface area (Å²) >= 11 is 1.28. The number of nitrogens with one attached hydrogen (secondary N) is 1. The minimum absolute atomic E-state index is 0.0590. The Morgan fingerprint density at radius 2 is 1.77 bits per heavy atom. The van der Waals surface area contributed by atoms with E-state index in [0.717, 1.165) is 22.7 Å². The van der Waals surface area contributed by atoms with Crippen LogP contribution in [0.4, 0.5) is 5.13 Å². The number of carbonyl (C=O) groups is 1. The number of ether oxygens (including phenoxy) is 3. The molecule has 1 N–H and O–H groups in total. The zero-order chi connectivity index (χ0) is 25.2. The highest BCUT2D eigenvalue weighted by atomic mass is 32.1. The summed E-state index contributed by atoms with van der Waals surface area (Å²) in [6.07, 6.45) is 2.22. The molecule has 0 fully saturated rings. The van der Waals surface area contributed by atoms with Crippen molar-refractivity contribution in [2.24, 2.45) is 0 Å². The number of hydrogen-bond acceptors (Lipinski definition) is 8. The molecule has 182 valence electrons. The molecule has 0 saturated carbocycles. The molecule has 3 rings (SSSR count). The molecule has 0 radical (unpaired) electrons. The number of aromatic nitrogens is 2. The van der Waals surface area contributed by atoms with Crippen LogP contribution in [0.3, 0.4) is 0 Å². The molecule has 0 aliphatic rings. The Balaban J connectivity index is 1.66. The second-order valence-corrected chi connectivity index (χ2v) is 8.65. The van der Waals surface area contributed by atoms with Gasteiger partial charge >= 0.3 is 0 Å². The van der Waals surface area contributed by atoms with Gasteiger partial charge in [0.1, 0.15) is 35.6 Å². The number of nitrogens with zero attached hydrogens (tertiary/aromatic N) is 3. The third kappa shape index (κ3) is 7.29. The van der Waals surface area contributed by atoms with Crippen LogP contribution in [0.2, 0.25) is 0 Å². The number of aryl methyl sites for hydroxylation is 3. The van der Waals surface area contributed by atoms with E-state index in [-0.39, 0.29) is 5.57 Å². The van der Waals surface area contributed by atoms with E-state index in [1.165, 1.54) is 23.0 Å². The molecule has 0 aliphatic carbocycles. The fourth-order valence-corrected chi connectivity index (χ4v) is 3.87. The van der Waals surface area contributed by atoms with Crippen molar-refractivity contribution in [2.45, 2.75) is 34.1 Å². The lowest BCUT2D eigenvalue weighted by Gasteiger charge is -2.14. The summed E-state index contributed by atoms with van der Waals surface area (Å²) in [6, 6.07) is 13.2. The number of anilines is 1. The quantitative estimate of drug-likeness (QED) is 0.225. The first-order chi connectivity index (χ1) is 16.9. The summed E-state index contributed by atoms with van der Waals surface area (Å²) in [5, 5.41) is 21.2. The van der Waals surface area contributed by atoms with E-state index in [1.54, 1.807) is 18.2 Å². The summed E-state index contributed by atoms with van der Waals surface area (Å²) in [5.74, 6) is 1.35. The van der Waals surface area contributed by atoms with Crippen molar-refractivity contribution < 1.29 is 19.0 Å². The molecule has 0 aliphatic heterocycles. The number of benzene rings is 2. The van der Waals surface area contributed by atoms with Crippen LogP contribution in [-0.4, -0.2) is 35.9 Å². The van der Waals surface area contributed by atoms with E-state index in [2.05, 4.69) is 21.6 Å². The van der Waals surface area contributed by atoms with Crippen LogP contribution in [0.25, 0.3) is 6.08 Å². The Bertz CT molecular complexity index is 1250. The number of amides is 1. The Morgan fingerprint density at radius 1 is 1.03 bits per heavy atom. The third-order valence-electron chi connectivity index (χ3n) is 4.86. The molecule has 1 amide bonds. The summed E-state index contributed by atoms with van der Waals surface area (Å²) < 4.78 is 17.4. The number of carbonyl (C=O) groups excluding carboxylic acids is 1. The molecule has 8 nitrogen and oxygen atoms in total. The first kappa shape index (κ1) is 25.7. The molecule has 0 unspecified atom stereocenters. The summed E-state index contributed by atoms with van der Waals surface area (Å²) in [7, 11) is 0. The van der Waals surface area contributed by atoms with Gasteiger partial charge in [-0.25, -0.2) is 0 Å². The third-order valence-corrected chi connectivity index (χ3v) is 5.85. The number of nitriles is 1. The van der Waals surface area contributed by atoms with Gasteiger partial charge in [-0.1, -0.05) is 42.0 Å². The molecule has 0 atom stereocenters. The molecule has 35 heavy (non-hydrogen) atoms. The highest BCUT2D eigenvalue weighted by Crippen LogP contribution is 2.30. The van der Waals surface area contributed by atoms with Gasteiger partial charge in [0.2, 0.25) is 5.13 Å². The van der Waals surface area contributed by atoms with E-state index in [0.29, 0.717) is 42.0 Å². The zero-order valence-electron chi connectivity index (χ0n) is 20.3. The van der Waals surface area contributed by atoms with Crippen molar-refractivity contribution in [3.8, 4) is 23.3 Å². The van der Waals surface area contributed by atoms with Crippen LogP contribution < -0.4 is 19.5 Å². The van der Waals surface area contributed by atoms with Gasteiger partial charge in [-0.05, 0) is 62.6 Å². The summed E-state index contributed by atoms with van der Waals surface area (Å²) in [5.41, 5.74) is 2.83. The van der Waals surface area contributed by atoms with E-state index in [9.17, 15) is 10.1 Å². The van der Waals surface area contributed by atoms with Crippen molar-refractivity contribution in [3.63, 3.8) is 0 Å². The Labute approximate surface area is 209 Å². The van der Waals surface area contributed by atoms with Crippen molar-refractivity contribution in [1.29, 1.82) is 5.26 Å². The van der Waals surface area contributed by atoms with Crippen LogP contribution in [0, 0.1) is 25.2 Å². The fourth-order valence-electron chi connectivity index (χ4n) is 3.19. The lowest BCUT2D eigenvalue weighted by Crippen LogP contribution is -2.13. The standard InChI is InChI=1S/C26H28N4O4S/c1-5-24-29-30-26(35-24)28-25(31)20(16-27)14-19-8-10-22(23(15-19)32-6-2)34-12-11-33-21-9-7-17(3)13-18(21)4/h7-10,13-15H,5-6,11-12H2,1-4H3,(H,28,30,31). The molecule has 0 spiro atoms. The SMILES string of the molecule is CCOc1cc(C=C(C#N)C(=O)Nc2nnc(CC)s2)ccc1OCCOc1ccc(C)cc1C. The second-order valence-electron chi connectivity index (χ2n) is 7.58. The Morgan fingerprint density at radius 3 is 2.43 bits per heavy atom. The zero-order valence-corrected chi connectivity index (χ0v) is 21.1. The molecular formula is C26H28N4O4S. The summed E-state index contributed by atoms with van der Waals surface area (Å²) in [4.78, 5) is 12.5. The minimum atomic E-state index is -0.548. The number of rotatable bonds is 11. The van der Waals surface area contributed by atoms with Crippen LogP contribution in [0.15, 0.2) is 42.0 Å². The van der Waals surface area contributed by atoms with E-state index in [4.69, 9.17) is 14.2 Å². The smallest absolute Gasteiger partial charge is 0.268 e. The van der Waals surface area contributed by atoms with E-state index in [1.807, 2.05) is 45.9 Å². The predicted molar refractivity (Wildman–Crippen MR) is 136 cm³/mol. The maximum Gasteiger partial charge on any atom is 0.268 e. The fraction of sp³-hybridized carbons (Fsp3) is 0.308. The predicted octanol–water partition coefficient (Wildman–Crippen LogP) is 5.12. The van der Waals surface area contributed by atoms with Crippen LogP contribution in [-0.2, 0) is 11.2 Å². The van der Waals surface area contributed by atoms with Gasteiger partial charge < -0.3 is 14.2 Å². The van der Waals surface area contributed by atoms with Crippen LogP contribution in [0.1, 0.15) is 35.5 Å². The van der Waals surface area contributed by atoms with E-state index >= 15 is 0 Å². The average Bonchev–Trinajstić information content (AvgIpc) is 3.30. The van der Waals surface area contributed by atoms with Gasteiger partial charge in [-0.15, -0.1) is 10.2 Å². The molecule has 3 aromatic rings. The molecule has 2 aromatic carbocycles. The van der Waals surface area contributed by atoms with Gasteiger partial charge in [-0.2, -0.15) is 5.26 Å². The molecular weight excluding hydrogens is 464 g/mol. The highest BCUT2D eigenvalue weighted by molar-refractivity contribution is 7.15. The maximum absolute atomic E-state index is 12.5. The first-order valence-electron chi connectivity index (χ1n) is 11.3. The molecule has 1 heterocycles. The molecule has 1 aromatic heterocycles. The topological polar surface area (TPSA) is 106 Å². The maximum atomic E-state index is 12.5. The first-order valence-corrected chi connectivity index (χ1v) is 12.1. The summed E-state index contributed by atoms with van der Waals surface area (Å²) in [6.45, 7) is 9.02. The molecule has 0 saturated heterocycles. The van der Waals surface area contributed by atoms with Gasteiger partial charge in [-0.3, -0.25) is 10.1 Å². The molecule has 9 heteroatoms. The van der Waals surface area contributed by atoms with E-state index < -0.39 is 5.91 Å². The molecule has 0 bridgehead atoms. The Kier molecular flexibility index (Phi) is 9.21. The normalized spacial score (nSPS) is 11.0. The van der Waals surface area contributed by atoms with Gasteiger partial charge in [0.25, 0.3) is 5.91 Å². The lowest BCUT2D eigenvalue weighted by atomic mass is 10.1. The van der Waals surface area contributed by atoms with Gasteiger partial charge in [0.05, 0.1) is 6.61 Å². The minimum Gasteiger partial charge on any atom is -0.490 e. The van der Waals surface area contributed by atoms with Gasteiger partial charge in [0, 0.05) is 0 Å². The monoisotopic (exact) mass is 492 g/mol. The largest absolute Gasteiger partial charge is 0.490 e. The van der Waals surface area contributed by atoms with Crippen molar-refractivity contribution in [1.82, 2.24) is 10.2 Å². The average molecular weight is 493 g/mol. The van der Waals surface area contributed by atoms with Gasteiger partial charge in [0.15, 0.2) is 11.5 Å². The van der Waals surface area contributed by atoms with Crippen molar-refractivity contribution >= 4 is 28.5 Å². The van der Waals surface area contributed by atoms with Crippen LogP contribution in [0.5, 0.6) is 17.2 Å². The van der Waals surface area contributed by atoms with Crippen molar-refractivity contribution in [3.05, 3.63) is 63.7 Å². The Hall–Kier alpha value is -3.90. The highest BCUT2D eigenvalue weighted by Gasteiger charge is 2.14.